The molecule has 0 saturated carbocycles. The van der Waals surface area contributed by atoms with Gasteiger partial charge in [0.1, 0.15) is 0 Å². The molecule has 0 aliphatic carbocycles. The van der Waals surface area contributed by atoms with Crippen molar-refractivity contribution in [3.05, 3.63) is 35.4 Å². The lowest BCUT2D eigenvalue weighted by Gasteiger charge is -2.26. The zero-order valence-corrected chi connectivity index (χ0v) is 14.2. The van der Waals surface area contributed by atoms with Gasteiger partial charge in [0, 0.05) is 30.8 Å². The quantitative estimate of drug-likeness (QED) is 0.817. The highest BCUT2D eigenvalue weighted by atomic mass is 16.2. The first-order valence-electron chi connectivity index (χ1n) is 8.40. The number of hydrogen-bond donors (Lipinski definition) is 1. The Hall–Kier alpha value is -1.88. The van der Waals surface area contributed by atoms with Gasteiger partial charge in [-0.25, -0.2) is 0 Å². The number of piperidine rings is 1. The van der Waals surface area contributed by atoms with Gasteiger partial charge in [-0.2, -0.15) is 0 Å². The van der Waals surface area contributed by atoms with Crippen LogP contribution in [0.2, 0.25) is 0 Å². The number of rotatable bonds is 6. The Labute approximate surface area is 138 Å². The van der Waals surface area contributed by atoms with Crippen molar-refractivity contribution in [2.24, 2.45) is 0 Å². The summed E-state index contributed by atoms with van der Waals surface area (Å²) in [6.07, 6.45) is 4.29. The predicted octanol–water partition coefficient (Wildman–Crippen LogP) is 1.99. The first-order valence-corrected chi connectivity index (χ1v) is 8.40. The molecule has 23 heavy (non-hydrogen) atoms. The Morgan fingerprint density at radius 1 is 1.04 bits per heavy atom. The van der Waals surface area contributed by atoms with Gasteiger partial charge in [0.25, 0.3) is 11.8 Å². The van der Waals surface area contributed by atoms with E-state index >= 15 is 0 Å². The van der Waals surface area contributed by atoms with Crippen LogP contribution in [-0.4, -0.2) is 61.9 Å². The van der Waals surface area contributed by atoms with Gasteiger partial charge in [-0.15, -0.1) is 0 Å². The molecule has 1 fully saturated rings. The summed E-state index contributed by atoms with van der Waals surface area (Å²) < 4.78 is 0. The minimum absolute atomic E-state index is 0.0719. The molecular weight excluding hydrogens is 290 g/mol. The molecule has 0 atom stereocenters. The third-order valence-corrected chi connectivity index (χ3v) is 4.10. The average molecular weight is 317 g/mol. The van der Waals surface area contributed by atoms with Crippen LogP contribution >= 0.6 is 0 Å². The fourth-order valence-electron chi connectivity index (χ4n) is 2.74. The number of amides is 2. The van der Waals surface area contributed by atoms with Crippen LogP contribution < -0.4 is 5.32 Å². The van der Waals surface area contributed by atoms with Crippen LogP contribution in [0, 0.1) is 0 Å². The average Bonchev–Trinajstić information content (AvgIpc) is 2.58. The number of benzene rings is 1. The second-order valence-corrected chi connectivity index (χ2v) is 6.34. The van der Waals surface area contributed by atoms with Crippen molar-refractivity contribution in [1.29, 1.82) is 0 Å². The Morgan fingerprint density at radius 2 is 1.65 bits per heavy atom. The van der Waals surface area contributed by atoms with Crippen LogP contribution in [0.1, 0.15) is 46.4 Å². The Bertz CT molecular complexity index is 520. The SMILES string of the molecule is CN(C)CCCNC(=O)c1ccc(C(=O)N2CCCCC2)cc1. The fraction of sp³-hybridized carbons (Fsp3) is 0.556. The summed E-state index contributed by atoms with van der Waals surface area (Å²) in [4.78, 5) is 28.4. The molecule has 5 heteroatoms. The van der Waals surface area contributed by atoms with Crippen molar-refractivity contribution in [3.8, 4) is 0 Å². The zero-order chi connectivity index (χ0) is 16.7. The van der Waals surface area contributed by atoms with E-state index in [4.69, 9.17) is 0 Å². The third kappa shape index (κ3) is 5.36. The van der Waals surface area contributed by atoms with Gasteiger partial charge in [-0.05, 0) is 70.6 Å². The number of carbonyl (C=O) groups is 2. The van der Waals surface area contributed by atoms with Crippen LogP contribution in [0.4, 0.5) is 0 Å². The van der Waals surface area contributed by atoms with Crippen molar-refractivity contribution >= 4 is 11.8 Å². The summed E-state index contributed by atoms with van der Waals surface area (Å²) in [6.45, 7) is 3.29. The van der Waals surface area contributed by atoms with E-state index in [0.29, 0.717) is 17.7 Å². The monoisotopic (exact) mass is 317 g/mol. The molecule has 1 aromatic rings. The lowest BCUT2D eigenvalue weighted by Crippen LogP contribution is -2.35. The Kier molecular flexibility index (Phi) is 6.59. The molecular formula is C18H27N3O2. The third-order valence-electron chi connectivity index (χ3n) is 4.10. The summed E-state index contributed by atoms with van der Waals surface area (Å²) in [7, 11) is 4.03. The fourth-order valence-corrected chi connectivity index (χ4v) is 2.74. The number of hydrogen-bond acceptors (Lipinski definition) is 3. The van der Waals surface area contributed by atoms with E-state index in [1.165, 1.54) is 6.42 Å². The van der Waals surface area contributed by atoms with Gasteiger partial charge in [0.15, 0.2) is 0 Å². The first kappa shape index (κ1) is 17.5. The molecule has 126 valence electrons. The van der Waals surface area contributed by atoms with E-state index in [1.54, 1.807) is 24.3 Å². The van der Waals surface area contributed by atoms with Crippen LogP contribution in [0.5, 0.6) is 0 Å². The van der Waals surface area contributed by atoms with Crippen molar-refractivity contribution in [2.75, 3.05) is 40.3 Å². The number of nitrogens with zero attached hydrogens (tertiary/aromatic N) is 2. The smallest absolute Gasteiger partial charge is 0.253 e. The second-order valence-electron chi connectivity index (χ2n) is 6.34. The van der Waals surface area contributed by atoms with Crippen molar-refractivity contribution < 1.29 is 9.59 Å². The maximum absolute atomic E-state index is 12.4. The van der Waals surface area contributed by atoms with E-state index in [2.05, 4.69) is 10.2 Å². The maximum Gasteiger partial charge on any atom is 0.253 e. The molecule has 0 spiro atoms. The molecule has 2 amide bonds. The minimum Gasteiger partial charge on any atom is -0.352 e. The highest BCUT2D eigenvalue weighted by Gasteiger charge is 2.18. The lowest BCUT2D eigenvalue weighted by molar-refractivity contribution is 0.0724. The van der Waals surface area contributed by atoms with Gasteiger partial charge in [-0.3, -0.25) is 9.59 Å². The van der Waals surface area contributed by atoms with Crippen LogP contribution in [0.15, 0.2) is 24.3 Å². The largest absolute Gasteiger partial charge is 0.352 e. The summed E-state index contributed by atoms with van der Waals surface area (Å²) in [6, 6.07) is 6.98. The lowest BCUT2D eigenvalue weighted by atomic mass is 10.1. The molecule has 2 rings (SSSR count). The van der Waals surface area contributed by atoms with Crippen molar-refractivity contribution in [2.45, 2.75) is 25.7 Å². The van der Waals surface area contributed by atoms with Crippen molar-refractivity contribution in [3.63, 3.8) is 0 Å². The molecule has 1 aliphatic rings. The molecule has 1 heterocycles. The van der Waals surface area contributed by atoms with Crippen LogP contribution in [0.25, 0.3) is 0 Å². The first-order chi connectivity index (χ1) is 11.1. The van der Waals surface area contributed by atoms with Gasteiger partial charge >= 0.3 is 0 Å². The summed E-state index contributed by atoms with van der Waals surface area (Å²) in [5.41, 5.74) is 1.26. The maximum atomic E-state index is 12.4. The highest BCUT2D eigenvalue weighted by Crippen LogP contribution is 2.13. The molecule has 1 N–H and O–H groups in total. The topological polar surface area (TPSA) is 52.7 Å². The number of likely N-dealkylation sites (tertiary alicyclic amines) is 1. The minimum atomic E-state index is -0.0827. The second kappa shape index (κ2) is 8.67. The predicted molar refractivity (Wildman–Crippen MR) is 91.7 cm³/mol. The van der Waals surface area contributed by atoms with Crippen LogP contribution in [-0.2, 0) is 0 Å². The molecule has 1 saturated heterocycles. The molecule has 1 aliphatic heterocycles. The Morgan fingerprint density at radius 3 is 2.26 bits per heavy atom. The van der Waals surface area contributed by atoms with Gasteiger partial charge in [-0.1, -0.05) is 0 Å². The number of carbonyl (C=O) groups excluding carboxylic acids is 2. The zero-order valence-electron chi connectivity index (χ0n) is 14.2. The van der Waals surface area contributed by atoms with Crippen LogP contribution in [0.3, 0.4) is 0 Å². The number of nitrogens with one attached hydrogen (secondary N) is 1. The van der Waals surface area contributed by atoms with Gasteiger partial charge in [0.05, 0.1) is 0 Å². The van der Waals surface area contributed by atoms with E-state index in [1.807, 2.05) is 19.0 Å². The standard InChI is InChI=1S/C18H27N3O2/c1-20(2)12-6-11-19-17(22)15-7-9-16(10-8-15)18(23)21-13-4-3-5-14-21/h7-10H,3-6,11-14H2,1-2H3,(H,19,22). The van der Waals surface area contributed by atoms with E-state index < -0.39 is 0 Å². The highest BCUT2D eigenvalue weighted by molar-refractivity contribution is 5.97. The summed E-state index contributed by atoms with van der Waals surface area (Å²) in [5, 5.41) is 2.91. The molecule has 0 bridgehead atoms. The van der Waals surface area contributed by atoms with E-state index in [0.717, 1.165) is 38.9 Å². The van der Waals surface area contributed by atoms with Gasteiger partial charge < -0.3 is 15.1 Å². The molecule has 5 nitrogen and oxygen atoms in total. The molecule has 0 aromatic heterocycles. The van der Waals surface area contributed by atoms with E-state index in [9.17, 15) is 9.59 Å². The van der Waals surface area contributed by atoms with E-state index in [-0.39, 0.29) is 11.8 Å². The molecule has 0 unspecified atom stereocenters. The molecule has 1 aromatic carbocycles. The summed E-state index contributed by atoms with van der Waals surface area (Å²) in [5.74, 6) is -0.0108. The Balaban J connectivity index is 1.85. The molecule has 0 radical (unpaired) electrons. The van der Waals surface area contributed by atoms with Crippen molar-refractivity contribution in [1.82, 2.24) is 15.1 Å². The van der Waals surface area contributed by atoms with Gasteiger partial charge in [0.2, 0.25) is 0 Å². The normalized spacial score (nSPS) is 14.8. The summed E-state index contributed by atoms with van der Waals surface area (Å²) >= 11 is 0.